The molecule has 17 heavy (non-hydrogen) atoms. The van der Waals surface area contributed by atoms with Crippen LogP contribution in [0.4, 0.5) is 0 Å². The van der Waals surface area contributed by atoms with Crippen molar-refractivity contribution in [2.24, 2.45) is 5.92 Å². The van der Waals surface area contributed by atoms with Gasteiger partial charge >= 0.3 is 0 Å². The van der Waals surface area contributed by atoms with Crippen LogP contribution >= 0.6 is 15.9 Å². The van der Waals surface area contributed by atoms with E-state index in [1.165, 1.54) is 0 Å². The summed E-state index contributed by atoms with van der Waals surface area (Å²) in [6.07, 6.45) is 3.15. The standard InChI is InChI=1S/C12H20BrNO3/c13-4-8-17-11-1-5-14(6-2-11)12(15)10-3-7-16-9-10/h10-11H,1-9H2. The van der Waals surface area contributed by atoms with Gasteiger partial charge in [0, 0.05) is 25.0 Å². The predicted molar refractivity (Wildman–Crippen MR) is 68.3 cm³/mol. The number of nitrogens with zero attached hydrogens (tertiary/aromatic N) is 1. The van der Waals surface area contributed by atoms with Gasteiger partial charge in [-0.15, -0.1) is 0 Å². The number of rotatable bonds is 4. The molecule has 5 heteroatoms. The second kappa shape index (κ2) is 6.71. The first-order chi connectivity index (χ1) is 8.31. The monoisotopic (exact) mass is 305 g/mol. The topological polar surface area (TPSA) is 38.8 Å². The molecule has 98 valence electrons. The highest BCUT2D eigenvalue weighted by Gasteiger charge is 2.30. The molecule has 2 rings (SSSR count). The fraction of sp³-hybridized carbons (Fsp3) is 0.917. The summed E-state index contributed by atoms with van der Waals surface area (Å²) in [7, 11) is 0. The highest BCUT2D eigenvalue weighted by molar-refractivity contribution is 9.09. The average molecular weight is 306 g/mol. The molecule has 0 aromatic rings. The van der Waals surface area contributed by atoms with Gasteiger partial charge < -0.3 is 14.4 Å². The van der Waals surface area contributed by atoms with E-state index in [0.717, 1.165) is 50.9 Å². The van der Waals surface area contributed by atoms with Gasteiger partial charge in [-0.2, -0.15) is 0 Å². The molecule has 1 atom stereocenters. The molecule has 0 spiro atoms. The van der Waals surface area contributed by atoms with Gasteiger partial charge in [0.25, 0.3) is 0 Å². The van der Waals surface area contributed by atoms with Gasteiger partial charge in [-0.1, -0.05) is 15.9 Å². The largest absolute Gasteiger partial charge is 0.381 e. The van der Waals surface area contributed by atoms with Crippen molar-refractivity contribution in [1.82, 2.24) is 4.90 Å². The Hall–Kier alpha value is -0.130. The van der Waals surface area contributed by atoms with Gasteiger partial charge in [0.15, 0.2) is 0 Å². The molecule has 2 saturated heterocycles. The molecule has 0 saturated carbocycles. The van der Waals surface area contributed by atoms with Crippen LogP contribution < -0.4 is 0 Å². The maximum Gasteiger partial charge on any atom is 0.228 e. The minimum atomic E-state index is 0.106. The molecule has 2 fully saturated rings. The van der Waals surface area contributed by atoms with E-state index in [4.69, 9.17) is 9.47 Å². The Morgan fingerprint density at radius 3 is 2.71 bits per heavy atom. The lowest BCUT2D eigenvalue weighted by Gasteiger charge is -2.33. The summed E-state index contributed by atoms with van der Waals surface area (Å²) in [4.78, 5) is 14.1. The Bertz CT molecular complexity index is 248. The normalized spacial score (nSPS) is 26.4. The Morgan fingerprint density at radius 2 is 2.12 bits per heavy atom. The van der Waals surface area contributed by atoms with Crippen LogP contribution in [0.15, 0.2) is 0 Å². The smallest absolute Gasteiger partial charge is 0.228 e. The van der Waals surface area contributed by atoms with E-state index in [1.54, 1.807) is 0 Å². The van der Waals surface area contributed by atoms with Gasteiger partial charge in [-0.25, -0.2) is 0 Å². The molecule has 0 radical (unpaired) electrons. The molecule has 4 nitrogen and oxygen atoms in total. The number of carbonyl (C=O) groups is 1. The lowest BCUT2D eigenvalue weighted by atomic mass is 10.0. The van der Waals surface area contributed by atoms with Gasteiger partial charge in [-0.05, 0) is 19.3 Å². The molecule has 0 bridgehead atoms. The Labute approximate surface area is 111 Å². The van der Waals surface area contributed by atoms with Crippen LogP contribution in [0.3, 0.4) is 0 Å². The van der Waals surface area contributed by atoms with Crippen molar-refractivity contribution < 1.29 is 14.3 Å². The summed E-state index contributed by atoms with van der Waals surface area (Å²) in [6.45, 7) is 3.78. The number of ether oxygens (including phenoxy) is 2. The zero-order valence-electron chi connectivity index (χ0n) is 10.1. The molecular formula is C12H20BrNO3. The van der Waals surface area contributed by atoms with E-state index in [-0.39, 0.29) is 11.8 Å². The molecule has 2 aliphatic rings. The van der Waals surface area contributed by atoms with Crippen LogP contribution in [0.1, 0.15) is 19.3 Å². The SMILES string of the molecule is O=C(C1CCOC1)N1CCC(OCCBr)CC1. The summed E-state index contributed by atoms with van der Waals surface area (Å²) >= 11 is 3.35. The van der Waals surface area contributed by atoms with E-state index >= 15 is 0 Å². The van der Waals surface area contributed by atoms with Crippen LogP contribution in [-0.4, -0.2) is 55.2 Å². The number of halogens is 1. The van der Waals surface area contributed by atoms with Crippen molar-refractivity contribution in [1.29, 1.82) is 0 Å². The second-order valence-electron chi connectivity index (χ2n) is 4.64. The first-order valence-corrected chi connectivity index (χ1v) is 7.47. The van der Waals surface area contributed by atoms with Crippen molar-refractivity contribution in [3.05, 3.63) is 0 Å². The predicted octanol–water partition coefficient (Wildman–Crippen LogP) is 1.43. The molecule has 2 heterocycles. The maximum atomic E-state index is 12.1. The third kappa shape index (κ3) is 3.66. The highest BCUT2D eigenvalue weighted by atomic mass is 79.9. The van der Waals surface area contributed by atoms with E-state index < -0.39 is 0 Å². The van der Waals surface area contributed by atoms with Crippen LogP contribution in [0.25, 0.3) is 0 Å². The number of likely N-dealkylation sites (tertiary alicyclic amines) is 1. The third-order valence-electron chi connectivity index (χ3n) is 3.46. The van der Waals surface area contributed by atoms with E-state index in [1.807, 2.05) is 4.90 Å². The molecule has 0 aliphatic carbocycles. The Kier molecular flexibility index (Phi) is 5.25. The molecule has 1 amide bonds. The zero-order chi connectivity index (χ0) is 12.1. The Balaban J connectivity index is 1.72. The first-order valence-electron chi connectivity index (χ1n) is 6.35. The minimum Gasteiger partial charge on any atom is -0.381 e. The van der Waals surface area contributed by atoms with Gasteiger partial charge in [-0.3, -0.25) is 4.79 Å². The fourth-order valence-corrected chi connectivity index (χ4v) is 2.63. The van der Waals surface area contributed by atoms with Crippen LogP contribution in [0.2, 0.25) is 0 Å². The number of amides is 1. The van der Waals surface area contributed by atoms with Crippen LogP contribution in [0, 0.1) is 5.92 Å². The second-order valence-corrected chi connectivity index (χ2v) is 5.44. The molecule has 0 aromatic heterocycles. The van der Waals surface area contributed by atoms with Crippen molar-refractivity contribution in [3.8, 4) is 0 Å². The minimum absolute atomic E-state index is 0.106. The van der Waals surface area contributed by atoms with Crippen molar-refractivity contribution in [3.63, 3.8) is 0 Å². The summed E-state index contributed by atoms with van der Waals surface area (Å²) in [5.74, 6) is 0.386. The molecule has 0 aromatic carbocycles. The maximum absolute atomic E-state index is 12.1. The zero-order valence-corrected chi connectivity index (χ0v) is 11.7. The number of alkyl halides is 1. The van der Waals surface area contributed by atoms with Crippen LogP contribution in [-0.2, 0) is 14.3 Å². The fourth-order valence-electron chi connectivity index (χ4n) is 2.44. The summed E-state index contributed by atoms with van der Waals surface area (Å²) < 4.78 is 10.9. The first kappa shape index (κ1) is 13.3. The van der Waals surface area contributed by atoms with Crippen molar-refractivity contribution in [2.75, 3.05) is 38.2 Å². The van der Waals surface area contributed by atoms with Gasteiger partial charge in [0.05, 0.1) is 25.2 Å². The summed E-state index contributed by atoms with van der Waals surface area (Å²) in [6, 6.07) is 0. The molecule has 2 aliphatic heterocycles. The van der Waals surface area contributed by atoms with Gasteiger partial charge in [0.1, 0.15) is 0 Å². The van der Waals surface area contributed by atoms with E-state index in [9.17, 15) is 4.79 Å². The van der Waals surface area contributed by atoms with E-state index in [0.29, 0.717) is 12.7 Å². The number of carbonyl (C=O) groups excluding carboxylic acids is 1. The van der Waals surface area contributed by atoms with Crippen molar-refractivity contribution in [2.45, 2.75) is 25.4 Å². The number of hydrogen-bond donors (Lipinski definition) is 0. The van der Waals surface area contributed by atoms with E-state index in [2.05, 4.69) is 15.9 Å². The quantitative estimate of drug-likeness (QED) is 0.738. The van der Waals surface area contributed by atoms with Crippen molar-refractivity contribution >= 4 is 21.8 Å². The lowest BCUT2D eigenvalue weighted by molar-refractivity contribution is -0.138. The summed E-state index contributed by atoms with van der Waals surface area (Å²) in [5.41, 5.74) is 0. The number of hydrogen-bond acceptors (Lipinski definition) is 3. The molecular weight excluding hydrogens is 286 g/mol. The molecule has 1 unspecified atom stereocenters. The average Bonchev–Trinajstić information content (AvgIpc) is 2.90. The Morgan fingerprint density at radius 1 is 1.35 bits per heavy atom. The number of piperidine rings is 1. The lowest BCUT2D eigenvalue weighted by Crippen LogP contribution is -2.43. The highest BCUT2D eigenvalue weighted by Crippen LogP contribution is 2.20. The van der Waals surface area contributed by atoms with Gasteiger partial charge in [0.2, 0.25) is 5.91 Å². The van der Waals surface area contributed by atoms with Crippen LogP contribution in [0.5, 0.6) is 0 Å². The molecule has 0 N–H and O–H groups in total. The third-order valence-corrected chi connectivity index (χ3v) is 3.79. The summed E-state index contributed by atoms with van der Waals surface area (Å²) in [5, 5.41) is 0.881.